The molecule has 0 fully saturated rings. The first-order valence-electron chi connectivity index (χ1n) is 5.03. The predicted octanol–water partition coefficient (Wildman–Crippen LogP) is 4.45. The van der Waals surface area contributed by atoms with Crippen LogP contribution in [0.4, 0.5) is 30.7 Å². The summed E-state index contributed by atoms with van der Waals surface area (Å²) >= 11 is 0. The minimum absolute atomic E-state index is 0.314. The van der Waals surface area contributed by atoms with E-state index in [1.165, 1.54) is 0 Å². The fourth-order valence-corrected chi connectivity index (χ4v) is 1.50. The van der Waals surface area contributed by atoms with Crippen LogP contribution in [0.15, 0.2) is 12.1 Å². The second-order valence-corrected chi connectivity index (χ2v) is 3.67. The molecule has 0 bridgehead atoms. The van der Waals surface area contributed by atoms with Crippen LogP contribution in [0.5, 0.6) is 5.75 Å². The number of rotatable bonds is 4. The number of alkyl halides is 7. The summed E-state index contributed by atoms with van der Waals surface area (Å²) in [6, 6.07) is 0.678. The number of hydrogen-bond donors (Lipinski definition) is 0. The predicted molar refractivity (Wildman–Crippen MR) is 53.0 cm³/mol. The molecule has 1 aromatic rings. The van der Waals surface area contributed by atoms with E-state index in [0.717, 1.165) is 6.92 Å². The fourth-order valence-electron chi connectivity index (χ4n) is 1.50. The second-order valence-electron chi connectivity index (χ2n) is 3.67. The summed E-state index contributed by atoms with van der Waals surface area (Å²) < 4.78 is 91.3. The van der Waals surface area contributed by atoms with Gasteiger partial charge < -0.3 is 4.74 Å². The number of ether oxygens (including phenoxy) is 1. The number of carbonyl (C=O) groups is 1. The molecule has 0 amide bonds. The maximum atomic E-state index is 12.7. The molecule has 0 spiro atoms. The van der Waals surface area contributed by atoms with E-state index in [-0.39, 0.29) is 0 Å². The van der Waals surface area contributed by atoms with Crippen LogP contribution in [-0.2, 0) is 6.18 Å². The Morgan fingerprint density at radius 2 is 1.70 bits per heavy atom. The van der Waals surface area contributed by atoms with Gasteiger partial charge in [-0.25, -0.2) is 8.78 Å². The molecule has 0 unspecified atom stereocenters. The first-order valence-corrected chi connectivity index (χ1v) is 5.03. The van der Waals surface area contributed by atoms with Gasteiger partial charge >= 0.3 is 12.8 Å². The summed E-state index contributed by atoms with van der Waals surface area (Å²) in [6.07, 6.45) is -8.93. The zero-order chi connectivity index (χ0) is 15.7. The molecule has 0 heterocycles. The fraction of sp³-hybridized carbons (Fsp3) is 0.364. The summed E-state index contributed by atoms with van der Waals surface area (Å²) in [4.78, 5) is 11.0. The van der Waals surface area contributed by atoms with Crippen LogP contribution in [0.3, 0.4) is 0 Å². The molecule has 112 valence electrons. The Morgan fingerprint density at radius 3 is 2.05 bits per heavy atom. The van der Waals surface area contributed by atoms with Crippen molar-refractivity contribution in [1.29, 1.82) is 0 Å². The molecular formula is C11H7F7O2. The highest BCUT2D eigenvalue weighted by Gasteiger charge is 2.40. The first kappa shape index (κ1) is 16.3. The van der Waals surface area contributed by atoms with Gasteiger partial charge in [0.1, 0.15) is 11.3 Å². The molecular weight excluding hydrogens is 297 g/mol. The first-order chi connectivity index (χ1) is 9.04. The molecule has 0 saturated carbocycles. The molecule has 1 rings (SSSR count). The lowest BCUT2D eigenvalue weighted by atomic mass is 10.0. The van der Waals surface area contributed by atoms with Gasteiger partial charge in [0, 0.05) is 11.1 Å². The minimum Gasteiger partial charge on any atom is -0.434 e. The molecule has 0 aliphatic rings. The van der Waals surface area contributed by atoms with Crippen molar-refractivity contribution in [3.8, 4) is 5.75 Å². The topological polar surface area (TPSA) is 26.3 Å². The van der Waals surface area contributed by atoms with Crippen molar-refractivity contribution in [3.63, 3.8) is 0 Å². The normalized spacial score (nSPS) is 12.1. The minimum atomic E-state index is -5.33. The summed E-state index contributed by atoms with van der Waals surface area (Å²) in [5.74, 6) is -2.37. The Bertz CT molecular complexity index is 508. The Kier molecular flexibility index (Phi) is 4.61. The highest BCUT2D eigenvalue weighted by molar-refractivity contribution is 5.95. The van der Waals surface area contributed by atoms with Gasteiger partial charge in [0.15, 0.2) is 5.78 Å². The summed E-state index contributed by atoms with van der Waals surface area (Å²) in [5.41, 5.74) is -4.18. The molecule has 0 radical (unpaired) electrons. The number of halogens is 7. The van der Waals surface area contributed by atoms with E-state index in [0.29, 0.717) is 12.1 Å². The van der Waals surface area contributed by atoms with Crippen LogP contribution in [0.2, 0.25) is 0 Å². The van der Waals surface area contributed by atoms with Gasteiger partial charge in [-0.1, -0.05) is 0 Å². The summed E-state index contributed by atoms with van der Waals surface area (Å²) in [5, 5.41) is 0. The molecule has 20 heavy (non-hydrogen) atoms. The maximum absolute atomic E-state index is 12.7. The number of ketones is 1. The van der Waals surface area contributed by atoms with Gasteiger partial charge in [0.05, 0.1) is 0 Å². The molecule has 0 aliphatic carbocycles. The highest BCUT2D eigenvalue weighted by Crippen LogP contribution is 2.43. The van der Waals surface area contributed by atoms with Crippen LogP contribution in [0, 0.1) is 0 Å². The van der Waals surface area contributed by atoms with Gasteiger partial charge in [0.2, 0.25) is 0 Å². The number of benzene rings is 1. The van der Waals surface area contributed by atoms with Crippen LogP contribution < -0.4 is 4.74 Å². The van der Waals surface area contributed by atoms with Crippen molar-refractivity contribution >= 4 is 5.78 Å². The largest absolute Gasteiger partial charge is 0.434 e. The van der Waals surface area contributed by atoms with Crippen LogP contribution >= 0.6 is 0 Å². The summed E-state index contributed by atoms with van der Waals surface area (Å²) in [6.45, 7) is -2.76. The molecule has 2 nitrogen and oxygen atoms in total. The standard InChI is InChI=1S/C11H7F7O2/c1-4(19)5-2-6(9(12)13)8(11(16,17)18)7(3-5)20-10(14)15/h2-3,9-10H,1H3. The third kappa shape index (κ3) is 3.61. The zero-order valence-electron chi connectivity index (χ0n) is 9.77. The molecule has 0 N–H and O–H groups in total. The van der Waals surface area contributed by atoms with E-state index in [1.54, 1.807) is 0 Å². The monoisotopic (exact) mass is 304 g/mol. The van der Waals surface area contributed by atoms with E-state index >= 15 is 0 Å². The highest BCUT2D eigenvalue weighted by atomic mass is 19.4. The Balaban J connectivity index is 3.62. The average Bonchev–Trinajstić information content (AvgIpc) is 2.25. The molecule has 0 saturated heterocycles. The van der Waals surface area contributed by atoms with Crippen molar-refractivity contribution in [2.45, 2.75) is 26.1 Å². The maximum Gasteiger partial charge on any atom is 0.420 e. The van der Waals surface area contributed by atoms with Crippen molar-refractivity contribution in [2.75, 3.05) is 0 Å². The van der Waals surface area contributed by atoms with E-state index < -0.39 is 47.4 Å². The van der Waals surface area contributed by atoms with E-state index in [1.807, 2.05) is 0 Å². The Morgan fingerprint density at radius 1 is 1.15 bits per heavy atom. The van der Waals surface area contributed by atoms with Crippen LogP contribution in [0.1, 0.15) is 34.8 Å². The van der Waals surface area contributed by atoms with Gasteiger partial charge in [0.25, 0.3) is 6.43 Å². The summed E-state index contributed by atoms with van der Waals surface area (Å²) in [7, 11) is 0. The third-order valence-corrected chi connectivity index (χ3v) is 2.27. The van der Waals surface area contributed by atoms with Gasteiger partial charge in [-0.15, -0.1) is 0 Å². The quantitative estimate of drug-likeness (QED) is 0.607. The Hall–Kier alpha value is -1.80. The third-order valence-electron chi connectivity index (χ3n) is 2.27. The molecule has 0 atom stereocenters. The van der Waals surface area contributed by atoms with Crippen LogP contribution in [-0.4, -0.2) is 12.4 Å². The average molecular weight is 304 g/mol. The lowest BCUT2D eigenvalue weighted by molar-refractivity contribution is -0.143. The lowest BCUT2D eigenvalue weighted by Gasteiger charge is -2.18. The molecule has 0 aliphatic heterocycles. The van der Waals surface area contributed by atoms with E-state index in [2.05, 4.69) is 4.74 Å². The van der Waals surface area contributed by atoms with E-state index in [4.69, 9.17) is 0 Å². The smallest absolute Gasteiger partial charge is 0.420 e. The molecule has 0 aromatic heterocycles. The van der Waals surface area contributed by atoms with Crippen LogP contribution in [0.25, 0.3) is 0 Å². The van der Waals surface area contributed by atoms with Gasteiger partial charge in [-0.2, -0.15) is 22.0 Å². The lowest BCUT2D eigenvalue weighted by Crippen LogP contribution is -2.16. The number of hydrogen-bond acceptors (Lipinski definition) is 2. The SMILES string of the molecule is CC(=O)c1cc(OC(F)F)c(C(F)(F)F)c(C(F)F)c1. The Labute approximate surface area is 108 Å². The van der Waals surface area contributed by atoms with Crippen molar-refractivity contribution in [2.24, 2.45) is 0 Å². The molecule has 1 aromatic carbocycles. The second kappa shape index (κ2) is 5.68. The van der Waals surface area contributed by atoms with Crippen molar-refractivity contribution in [3.05, 3.63) is 28.8 Å². The number of carbonyl (C=O) groups excluding carboxylic acids is 1. The van der Waals surface area contributed by atoms with Crippen molar-refractivity contribution in [1.82, 2.24) is 0 Å². The number of Topliss-reactive ketones (excluding diaryl/α,β-unsaturated/α-hetero) is 1. The van der Waals surface area contributed by atoms with Gasteiger partial charge in [-0.3, -0.25) is 4.79 Å². The van der Waals surface area contributed by atoms with Gasteiger partial charge in [-0.05, 0) is 19.1 Å². The van der Waals surface area contributed by atoms with E-state index in [9.17, 15) is 35.5 Å². The zero-order valence-corrected chi connectivity index (χ0v) is 9.77. The molecule has 9 heteroatoms. The van der Waals surface area contributed by atoms with Crippen molar-refractivity contribution < 1.29 is 40.3 Å².